The zero-order valence-corrected chi connectivity index (χ0v) is 38.3. The largest absolute Gasteiger partial charge is 0.396 e. The maximum Gasteiger partial charge on any atom is 0.329 e. The first-order valence-electron chi connectivity index (χ1n) is 22.2. The molecule has 0 aromatic heterocycles. The van der Waals surface area contributed by atoms with E-state index in [-0.39, 0.29) is 25.9 Å². The molecule has 0 aliphatic rings. The van der Waals surface area contributed by atoms with Crippen LogP contribution in [0.25, 0.3) is 0 Å². The number of hydrogen-bond donors (Lipinski definition) is 7. The Hall–Kier alpha value is 0.940. The normalized spacial score (nSPS) is 12.9. The van der Waals surface area contributed by atoms with Crippen LogP contribution < -0.4 is 0 Å². The van der Waals surface area contributed by atoms with E-state index in [2.05, 4.69) is 41.8 Å². The van der Waals surface area contributed by atoms with E-state index in [1.165, 1.54) is 186 Å². The van der Waals surface area contributed by atoms with Gasteiger partial charge >= 0.3 is 13.4 Å². The van der Waals surface area contributed by atoms with Crippen molar-refractivity contribution in [2.45, 2.75) is 232 Å². The van der Waals surface area contributed by atoms with Gasteiger partial charge < -0.3 is 39.6 Å². The molecule has 7 N–H and O–H groups in total. The highest BCUT2D eigenvalue weighted by Crippen LogP contribution is 2.54. The summed E-state index contributed by atoms with van der Waals surface area (Å²) >= 11 is 7.75. The van der Waals surface area contributed by atoms with Crippen LogP contribution in [0.15, 0.2) is 0 Å². The summed E-state index contributed by atoms with van der Waals surface area (Å²) in [7, 11) is 0. The molecule has 1 unspecified atom stereocenters. The first-order chi connectivity index (χ1) is 25.9. The monoisotopic (exact) mass is 851 g/mol. The van der Waals surface area contributed by atoms with Crippen LogP contribution in [0.2, 0.25) is 0 Å². The highest BCUT2D eigenvalue weighted by molar-refractivity contribution is 8.13. The molecular formula is C41H88O9P2S2. The van der Waals surface area contributed by atoms with E-state index in [0.29, 0.717) is 6.61 Å². The standard InChI is InChI=1S/C41H84O4.H4O5P2S2/c1-3-5-7-9-11-13-15-17-19-21-23-25-27-29-31-33-35-40(41(37-42,38-43)39-44)45-36-34-32-30-28-26-24-22-20-18-16-14-12-10-8-6-4-2;1-6(2,8)5-7(3,4)9/h40,42-44H,3-39H2,1-2H3;(H2,1,2,8)(H2,3,4,9). The van der Waals surface area contributed by atoms with Crippen LogP contribution in [0.4, 0.5) is 0 Å². The van der Waals surface area contributed by atoms with Gasteiger partial charge in [-0.25, -0.2) is 4.31 Å². The van der Waals surface area contributed by atoms with Crippen molar-refractivity contribution in [3.05, 3.63) is 0 Å². The topological polar surface area (TPSA) is 160 Å². The molecule has 1 atom stereocenters. The van der Waals surface area contributed by atoms with Crippen LogP contribution in [-0.2, 0) is 32.7 Å². The summed E-state index contributed by atoms with van der Waals surface area (Å²) in [6.07, 6.45) is 43.7. The van der Waals surface area contributed by atoms with Crippen LogP contribution in [0, 0.1) is 5.41 Å². The Kier molecular flexibility index (Phi) is 43.0. The van der Waals surface area contributed by atoms with Gasteiger partial charge in [0.2, 0.25) is 0 Å². The lowest BCUT2D eigenvalue weighted by Gasteiger charge is -2.36. The van der Waals surface area contributed by atoms with Gasteiger partial charge in [0, 0.05) is 6.61 Å². The Morgan fingerprint density at radius 3 is 0.870 bits per heavy atom. The Balaban J connectivity index is 0. The quantitative estimate of drug-likeness (QED) is 0.0232. The number of rotatable bonds is 41. The fourth-order valence-corrected chi connectivity index (χ4v) is 10.1. The SMILES string of the molecule is CCCCCCCCCCCCCCCCCCOC(CCCCCCCCCCCCCCCCCC)C(CO)(CO)CO.OP(O)(=S)OP(O)(O)=S. The Morgan fingerprint density at radius 2 is 0.648 bits per heavy atom. The van der Waals surface area contributed by atoms with Gasteiger partial charge in [-0.3, -0.25) is 0 Å². The number of aliphatic hydroxyl groups excluding tert-OH is 3. The molecular weight excluding hydrogens is 763 g/mol. The molecule has 0 spiro atoms. The molecule has 13 heteroatoms. The van der Waals surface area contributed by atoms with Crippen molar-refractivity contribution in [3.63, 3.8) is 0 Å². The smallest absolute Gasteiger partial charge is 0.329 e. The summed E-state index contributed by atoms with van der Waals surface area (Å²) in [6, 6.07) is 0. The fourth-order valence-electron chi connectivity index (χ4n) is 6.91. The van der Waals surface area contributed by atoms with Crippen molar-refractivity contribution in [1.82, 2.24) is 0 Å². The first-order valence-corrected chi connectivity index (χ1v) is 27.4. The van der Waals surface area contributed by atoms with Crippen molar-refractivity contribution < 1.29 is 43.9 Å². The lowest BCUT2D eigenvalue weighted by Crippen LogP contribution is -2.46. The van der Waals surface area contributed by atoms with Gasteiger partial charge in [0.15, 0.2) is 0 Å². The van der Waals surface area contributed by atoms with E-state index in [1.54, 1.807) is 0 Å². The minimum Gasteiger partial charge on any atom is -0.396 e. The van der Waals surface area contributed by atoms with Crippen molar-refractivity contribution in [3.8, 4) is 0 Å². The van der Waals surface area contributed by atoms with E-state index >= 15 is 0 Å². The van der Waals surface area contributed by atoms with Gasteiger partial charge in [-0.15, -0.1) is 0 Å². The molecule has 0 saturated carbocycles. The second kappa shape index (κ2) is 40.7. The van der Waals surface area contributed by atoms with Gasteiger partial charge in [-0.2, -0.15) is 0 Å². The second-order valence-corrected chi connectivity index (χ2v) is 21.1. The van der Waals surface area contributed by atoms with Gasteiger partial charge in [0.05, 0.1) is 31.3 Å². The molecule has 54 heavy (non-hydrogen) atoms. The zero-order chi connectivity index (χ0) is 40.7. The first kappa shape index (κ1) is 57.0. The number of hydrogen-bond acceptors (Lipinski definition) is 7. The lowest BCUT2D eigenvalue weighted by atomic mass is 9.81. The summed E-state index contributed by atoms with van der Waals surface area (Å²) in [5.41, 5.74) is -0.940. The lowest BCUT2D eigenvalue weighted by molar-refractivity contribution is -0.117. The summed E-state index contributed by atoms with van der Waals surface area (Å²) in [4.78, 5) is 33.0. The molecule has 9 nitrogen and oxygen atoms in total. The van der Waals surface area contributed by atoms with Crippen molar-refractivity contribution in [2.75, 3.05) is 26.4 Å². The second-order valence-electron chi connectivity index (χ2n) is 15.7. The molecule has 0 bridgehead atoms. The highest BCUT2D eigenvalue weighted by Gasteiger charge is 2.38. The molecule has 328 valence electrons. The summed E-state index contributed by atoms with van der Waals surface area (Å²) in [6.45, 7) is -3.49. The Bertz CT molecular complexity index is 828. The molecule has 0 aromatic carbocycles. The molecule has 0 radical (unpaired) electrons. The summed E-state index contributed by atoms with van der Waals surface area (Å²) < 4.78 is 9.94. The van der Waals surface area contributed by atoms with Crippen LogP contribution in [0.5, 0.6) is 0 Å². The highest BCUT2D eigenvalue weighted by atomic mass is 32.5. The van der Waals surface area contributed by atoms with Crippen LogP contribution in [0.3, 0.4) is 0 Å². The molecule has 0 aromatic rings. The predicted octanol–water partition coefficient (Wildman–Crippen LogP) is 11.7. The number of unbranched alkanes of at least 4 members (excludes halogenated alkanes) is 30. The third-order valence-corrected chi connectivity index (χ3v) is 13.4. The maximum absolute atomic E-state index is 10.0. The number of ether oxygens (including phenoxy) is 1. The maximum atomic E-state index is 10.0. The minimum atomic E-state index is -4.01. The van der Waals surface area contributed by atoms with Crippen molar-refractivity contribution in [2.24, 2.45) is 5.41 Å². The predicted molar refractivity (Wildman–Crippen MR) is 236 cm³/mol. The van der Waals surface area contributed by atoms with E-state index in [0.717, 1.165) is 25.7 Å². The third-order valence-electron chi connectivity index (χ3n) is 10.5. The molecule has 0 fully saturated rings. The zero-order valence-electron chi connectivity index (χ0n) is 34.9. The van der Waals surface area contributed by atoms with Gasteiger partial charge in [-0.1, -0.05) is 213 Å². The Labute approximate surface area is 343 Å². The molecule has 0 aliphatic carbocycles. The summed E-state index contributed by atoms with van der Waals surface area (Å²) in [5.74, 6) is 0. The number of aliphatic hydroxyl groups is 3. The van der Waals surface area contributed by atoms with Crippen molar-refractivity contribution >= 4 is 37.1 Å². The molecule has 0 rings (SSSR count). The molecule has 0 heterocycles. The van der Waals surface area contributed by atoms with E-state index in [1.807, 2.05) is 0 Å². The van der Waals surface area contributed by atoms with Gasteiger partial charge in [0.1, 0.15) is 0 Å². The van der Waals surface area contributed by atoms with Crippen LogP contribution in [0.1, 0.15) is 226 Å². The average Bonchev–Trinajstić information content (AvgIpc) is 3.12. The van der Waals surface area contributed by atoms with Crippen molar-refractivity contribution in [1.29, 1.82) is 0 Å². The average molecular weight is 851 g/mol. The van der Waals surface area contributed by atoms with Gasteiger partial charge in [-0.05, 0) is 36.5 Å². The third kappa shape index (κ3) is 41.1. The van der Waals surface area contributed by atoms with Crippen LogP contribution in [-0.4, -0.2) is 67.4 Å². The molecule has 0 aliphatic heterocycles. The van der Waals surface area contributed by atoms with Crippen LogP contribution >= 0.6 is 13.4 Å². The van der Waals surface area contributed by atoms with E-state index in [9.17, 15) is 15.3 Å². The Morgan fingerprint density at radius 1 is 0.407 bits per heavy atom. The molecule has 0 saturated heterocycles. The molecule has 0 amide bonds. The summed E-state index contributed by atoms with van der Waals surface area (Å²) in [5, 5.41) is 30.1. The minimum absolute atomic E-state index is 0.234. The van der Waals surface area contributed by atoms with E-state index in [4.69, 9.17) is 24.3 Å². The van der Waals surface area contributed by atoms with Gasteiger partial charge in [0.25, 0.3) is 0 Å². The fraction of sp³-hybridized carbons (Fsp3) is 1.00. The van der Waals surface area contributed by atoms with E-state index < -0.39 is 18.9 Å².